The first kappa shape index (κ1) is 27.2. The van der Waals surface area contributed by atoms with Crippen molar-refractivity contribution in [2.75, 3.05) is 0 Å². The minimum Gasteiger partial charge on any atom is -0.506 e. The van der Waals surface area contributed by atoms with Crippen molar-refractivity contribution in [1.29, 1.82) is 0 Å². The summed E-state index contributed by atoms with van der Waals surface area (Å²) in [6.07, 6.45) is -3.35. The van der Waals surface area contributed by atoms with Crippen LogP contribution in [0.5, 0.6) is 5.75 Å². The van der Waals surface area contributed by atoms with Gasteiger partial charge in [-0.1, -0.05) is 65.1 Å². The molecule has 0 aliphatic carbocycles. The molecule has 37 heavy (non-hydrogen) atoms. The van der Waals surface area contributed by atoms with E-state index in [2.05, 4.69) is 10.3 Å². The van der Waals surface area contributed by atoms with Crippen molar-refractivity contribution in [1.82, 2.24) is 10.3 Å². The SMILES string of the molecule is Oc1c(Cl)cc(Cl)cc1CNC(Cc1ccccc1)(c1cc(F)cc(C(F)(F)F)c1)c1ccc(Cl)cn1. The fraction of sp³-hybridized carbons (Fsp3) is 0.148. The van der Waals surface area contributed by atoms with Crippen LogP contribution in [0.3, 0.4) is 0 Å². The van der Waals surface area contributed by atoms with Crippen LogP contribution < -0.4 is 5.32 Å². The minimum atomic E-state index is -4.79. The van der Waals surface area contributed by atoms with Crippen LogP contribution in [0.4, 0.5) is 17.6 Å². The van der Waals surface area contributed by atoms with E-state index in [4.69, 9.17) is 34.8 Å². The van der Waals surface area contributed by atoms with Gasteiger partial charge in [-0.2, -0.15) is 13.2 Å². The van der Waals surface area contributed by atoms with Gasteiger partial charge in [0.05, 0.1) is 26.8 Å². The number of halogens is 7. The predicted molar refractivity (Wildman–Crippen MR) is 137 cm³/mol. The van der Waals surface area contributed by atoms with Crippen LogP contribution in [0.2, 0.25) is 15.1 Å². The summed E-state index contributed by atoms with van der Waals surface area (Å²) < 4.78 is 55.9. The molecule has 192 valence electrons. The second kappa shape index (κ2) is 10.9. The molecule has 0 spiro atoms. The molecule has 3 nitrogen and oxygen atoms in total. The third-order valence-corrected chi connectivity index (χ3v) is 6.61. The first-order chi connectivity index (χ1) is 17.5. The average Bonchev–Trinajstić information content (AvgIpc) is 2.84. The second-order valence-electron chi connectivity index (χ2n) is 8.40. The summed E-state index contributed by atoms with van der Waals surface area (Å²) in [5.41, 5.74) is -1.35. The number of aromatic hydroxyl groups is 1. The van der Waals surface area contributed by atoms with Gasteiger partial charge in [-0.3, -0.25) is 10.3 Å². The van der Waals surface area contributed by atoms with E-state index in [-0.39, 0.29) is 45.6 Å². The second-order valence-corrected chi connectivity index (χ2v) is 9.68. The Morgan fingerprint density at radius 2 is 1.54 bits per heavy atom. The summed E-state index contributed by atoms with van der Waals surface area (Å²) in [6, 6.07) is 17.3. The average molecular weight is 570 g/mol. The maximum Gasteiger partial charge on any atom is 0.416 e. The Morgan fingerprint density at radius 1 is 0.838 bits per heavy atom. The Bertz CT molecular complexity index is 1400. The summed E-state index contributed by atoms with van der Waals surface area (Å²) in [5.74, 6) is -1.31. The number of aromatic nitrogens is 1. The van der Waals surface area contributed by atoms with Crippen molar-refractivity contribution in [2.24, 2.45) is 0 Å². The van der Waals surface area contributed by atoms with Crippen molar-refractivity contribution < 1.29 is 22.7 Å². The lowest BCUT2D eigenvalue weighted by Gasteiger charge is -2.36. The van der Waals surface area contributed by atoms with E-state index in [1.54, 1.807) is 42.5 Å². The quantitative estimate of drug-likeness (QED) is 0.221. The summed E-state index contributed by atoms with van der Waals surface area (Å²) in [6.45, 7) is -0.0961. The standard InChI is InChI=1S/C27H19Cl3F4N2O/c28-20-6-7-24(35-15-20)26(13-16-4-2-1-3-5-16,18-9-19(27(32,33)34)11-22(31)10-18)36-14-17-8-21(29)12-23(30)25(17)37/h1-12,15,36-37H,13-14H2. The monoisotopic (exact) mass is 568 g/mol. The van der Waals surface area contributed by atoms with Crippen LogP contribution in [0.15, 0.2) is 79.0 Å². The van der Waals surface area contributed by atoms with Crippen molar-refractivity contribution in [2.45, 2.75) is 24.7 Å². The molecule has 3 aromatic carbocycles. The molecule has 0 saturated heterocycles. The number of phenolic OH excluding ortho intramolecular Hbond substituents is 1. The number of hydrogen-bond acceptors (Lipinski definition) is 3. The fourth-order valence-corrected chi connectivity index (χ4v) is 4.77. The van der Waals surface area contributed by atoms with E-state index in [0.717, 1.165) is 17.7 Å². The zero-order valence-corrected chi connectivity index (χ0v) is 21.2. The molecule has 4 rings (SSSR count). The van der Waals surface area contributed by atoms with E-state index in [1.807, 2.05) is 0 Å². The summed E-state index contributed by atoms with van der Waals surface area (Å²) in [7, 11) is 0. The number of alkyl halides is 3. The Kier molecular flexibility index (Phi) is 7.99. The van der Waals surface area contributed by atoms with Crippen LogP contribution in [0, 0.1) is 5.82 Å². The van der Waals surface area contributed by atoms with Crippen LogP contribution in [0.1, 0.15) is 27.9 Å². The number of pyridine rings is 1. The lowest BCUT2D eigenvalue weighted by Crippen LogP contribution is -2.46. The van der Waals surface area contributed by atoms with E-state index >= 15 is 0 Å². The molecule has 1 atom stereocenters. The molecule has 0 radical (unpaired) electrons. The lowest BCUT2D eigenvalue weighted by molar-refractivity contribution is -0.137. The van der Waals surface area contributed by atoms with Gasteiger partial charge in [0.25, 0.3) is 0 Å². The predicted octanol–water partition coefficient (Wildman–Crippen LogP) is 8.18. The van der Waals surface area contributed by atoms with E-state index in [9.17, 15) is 22.7 Å². The van der Waals surface area contributed by atoms with Gasteiger partial charge in [-0.15, -0.1) is 0 Å². The fourth-order valence-electron chi connectivity index (χ4n) is 4.13. The Hall–Kier alpha value is -2.84. The van der Waals surface area contributed by atoms with Crippen LogP contribution in [-0.4, -0.2) is 10.1 Å². The molecule has 1 unspecified atom stereocenters. The van der Waals surface area contributed by atoms with Crippen LogP contribution in [0.25, 0.3) is 0 Å². The van der Waals surface area contributed by atoms with Gasteiger partial charge in [0.2, 0.25) is 0 Å². The Labute approximate surface area is 225 Å². The Balaban J connectivity index is 1.95. The highest BCUT2D eigenvalue weighted by Gasteiger charge is 2.39. The first-order valence-electron chi connectivity index (χ1n) is 10.9. The van der Waals surface area contributed by atoms with Gasteiger partial charge in [-0.05, 0) is 53.6 Å². The highest BCUT2D eigenvalue weighted by atomic mass is 35.5. The highest BCUT2D eigenvalue weighted by Crippen LogP contribution is 2.39. The molecule has 2 N–H and O–H groups in total. The summed E-state index contributed by atoms with van der Waals surface area (Å²) in [4.78, 5) is 4.40. The molecule has 10 heteroatoms. The number of benzene rings is 3. The van der Waals surface area contributed by atoms with Crippen molar-refractivity contribution in [3.05, 3.63) is 128 Å². The Morgan fingerprint density at radius 3 is 2.19 bits per heavy atom. The number of nitrogens with one attached hydrogen (secondary N) is 1. The molecule has 4 aromatic rings. The van der Waals surface area contributed by atoms with Gasteiger partial charge in [-0.25, -0.2) is 4.39 Å². The molecule has 0 bridgehead atoms. The number of rotatable bonds is 7. The third-order valence-electron chi connectivity index (χ3n) is 5.88. The topological polar surface area (TPSA) is 45.1 Å². The first-order valence-corrected chi connectivity index (χ1v) is 12.1. The number of phenols is 1. The van der Waals surface area contributed by atoms with Crippen molar-refractivity contribution >= 4 is 34.8 Å². The molecule has 1 aromatic heterocycles. The van der Waals surface area contributed by atoms with Gasteiger partial charge in [0.15, 0.2) is 0 Å². The normalized spacial score (nSPS) is 13.4. The third kappa shape index (κ3) is 6.18. The molecule has 0 aliphatic heterocycles. The van der Waals surface area contributed by atoms with Crippen molar-refractivity contribution in [3.8, 4) is 5.75 Å². The van der Waals surface area contributed by atoms with Gasteiger partial charge >= 0.3 is 6.18 Å². The van der Waals surface area contributed by atoms with Crippen LogP contribution >= 0.6 is 34.8 Å². The molecule has 1 heterocycles. The minimum absolute atomic E-state index is 0.00712. The largest absolute Gasteiger partial charge is 0.506 e. The van der Waals surface area contributed by atoms with Crippen molar-refractivity contribution in [3.63, 3.8) is 0 Å². The summed E-state index contributed by atoms with van der Waals surface area (Å²) >= 11 is 18.3. The number of nitrogens with zero attached hydrogens (tertiary/aromatic N) is 1. The molecule has 0 aliphatic rings. The van der Waals surface area contributed by atoms with E-state index < -0.39 is 23.1 Å². The summed E-state index contributed by atoms with van der Waals surface area (Å²) in [5, 5.41) is 14.3. The molecule has 0 amide bonds. The highest BCUT2D eigenvalue weighted by molar-refractivity contribution is 6.35. The van der Waals surface area contributed by atoms with Gasteiger partial charge in [0.1, 0.15) is 11.6 Å². The molecular formula is C27H19Cl3F4N2O. The maximum absolute atomic E-state index is 14.7. The zero-order valence-electron chi connectivity index (χ0n) is 19.0. The lowest BCUT2D eigenvalue weighted by atomic mass is 9.79. The molecule has 0 fully saturated rings. The molecule has 0 saturated carbocycles. The van der Waals surface area contributed by atoms with Gasteiger partial charge in [0, 0.05) is 29.7 Å². The zero-order chi connectivity index (χ0) is 26.8. The van der Waals surface area contributed by atoms with Gasteiger partial charge < -0.3 is 5.11 Å². The van der Waals surface area contributed by atoms with Crippen LogP contribution in [-0.2, 0) is 24.7 Å². The molecular weight excluding hydrogens is 551 g/mol. The number of hydrogen-bond donors (Lipinski definition) is 2. The smallest absolute Gasteiger partial charge is 0.416 e. The van der Waals surface area contributed by atoms with E-state index in [1.165, 1.54) is 18.3 Å². The maximum atomic E-state index is 14.7. The van der Waals surface area contributed by atoms with E-state index in [0.29, 0.717) is 11.1 Å².